The average molecular weight is 578 g/mol. The predicted octanol–water partition coefficient (Wildman–Crippen LogP) is 12.2. The molecule has 0 aliphatic heterocycles. The van der Waals surface area contributed by atoms with Crippen LogP contribution < -0.4 is 4.90 Å². The summed E-state index contributed by atoms with van der Waals surface area (Å²) in [6, 6.07) is 54.8. The van der Waals surface area contributed by atoms with E-state index < -0.39 is 0 Å². The van der Waals surface area contributed by atoms with Crippen LogP contribution in [0.3, 0.4) is 0 Å². The molecule has 1 aliphatic rings. The molecule has 0 radical (unpaired) electrons. The van der Waals surface area contributed by atoms with E-state index in [1.165, 1.54) is 33.0 Å². The van der Waals surface area contributed by atoms with Crippen LogP contribution in [0.2, 0.25) is 0 Å². The van der Waals surface area contributed by atoms with Crippen LogP contribution in [0.5, 0.6) is 0 Å². The van der Waals surface area contributed by atoms with Gasteiger partial charge in [0.25, 0.3) is 0 Å². The number of furan rings is 1. The Balaban J connectivity index is 1.24. The van der Waals surface area contributed by atoms with Crippen molar-refractivity contribution in [3.8, 4) is 22.3 Å². The lowest BCUT2D eigenvalue weighted by Gasteiger charge is -2.28. The highest BCUT2D eigenvalue weighted by Gasteiger charge is 2.35. The van der Waals surface area contributed by atoms with E-state index in [0.29, 0.717) is 0 Å². The summed E-state index contributed by atoms with van der Waals surface area (Å²) in [6.07, 6.45) is 0. The minimum atomic E-state index is -0.0875. The van der Waals surface area contributed by atoms with Crippen LogP contribution in [0, 0.1) is 0 Å². The molecule has 0 saturated heterocycles. The molecule has 45 heavy (non-hydrogen) atoms. The van der Waals surface area contributed by atoms with Crippen molar-refractivity contribution in [2.24, 2.45) is 0 Å². The molecule has 0 bridgehead atoms. The Bertz CT molecular complexity index is 2430. The molecule has 2 heteroatoms. The molecule has 8 aromatic rings. The fourth-order valence-corrected chi connectivity index (χ4v) is 7.38. The summed E-state index contributed by atoms with van der Waals surface area (Å²) >= 11 is 0. The molecule has 1 aromatic heterocycles. The summed E-state index contributed by atoms with van der Waals surface area (Å²) in [5.74, 6) is 0. The highest BCUT2D eigenvalue weighted by Crippen LogP contribution is 2.51. The Labute approximate surface area is 262 Å². The standard InChI is InChI=1S/C43H31NO/c1-43(2)39-19-7-5-15-35(39)36-24-23-33(27-40(36)43)44(32-22-21-28-11-3-4-12-29(28)25-32)31-14-9-13-30(26-31)34-17-10-18-38-37-16-6-8-20-41(37)45-42(34)38/h3-27H,1-2H3. The average Bonchev–Trinajstić information content (AvgIpc) is 3.57. The first-order valence-corrected chi connectivity index (χ1v) is 15.6. The van der Waals surface area contributed by atoms with Crippen LogP contribution in [-0.2, 0) is 5.41 Å². The second kappa shape index (κ2) is 9.70. The van der Waals surface area contributed by atoms with Gasteiger partial charge in [0.1, 0.15) is 11.2 Å². The molecule has 0 atom stereocenters. The fraction of sp³-hybridized carbons (Fsp3) is 0.0698. The number of fused-ring (bicyclic) bond motifs is 7. The zero-order valence-corrected chi connectivity index (χ0v) is 25.3. The Kier molecular flexibility index (Phi) is 5.58. The van der Waals surface area contributed by atoms with Gasteiger partial charge in [-0.3, -0.25) is 0 Å². The Morgan fingerprint density at radius 3 is 2.07 bits per heavy atom. The number of benzene rings is 7. The second-order valence-corrected chi connectivity index (χ2v) is 12.6. The lowest BCUT2D eigenvalue weighted by Crippen LogP contribution is -2.16. The lowest BCUT2D eigenvalue weighted by atomic mass is 9.82. The second-order valence-electron chi connectivity index (χ2n) is 12.6. The maximum atomic E-state index is 6.45. The topological polar surface area (TPSA) is 16.4 Å². The molecule has 9 rings (SSSR count). The fourth-order valence-electron chi connectivity index (χ4n) is 7.38. The maximum Gasteiger partial charge on any atom is 0.143 e. The molecule has 0 N–H and O–H groups in total. The molecular formula is C43H31NO. The normalized spacial score (nSPS) is 13.3. The van der Waals surface area contributed by atoms with Gasteiger partial charge in [-0.15, -0.1) is 0 Å². The minimum Gasteiger partial charge on any atom is -0.455 e. The number of hydrogen-bond acceptors (Lipinski definition) is 2. The van der Waals surface area contributed by atoms with Gasteiger partial charge >= 0.3 is 0 Å². The SMILES string of the molecule is CC1(C)c2ccccc2-c2ccc(N(c3cccc(-c4cccc5c4oc4ccccc45)c3)c3ccc4ccccc4c3)cc21. The van der Waals surface area contributed by atoms with Gasteiger partial charge < -0.3 is 9.32 Å². The molecule has 0 spiro atoms. The van der Waals surface area contributed by atoms with E-state index in [1.807, 2.05) is 12.1 Å². The van der Waals surface area contributed by atoms with E-state index in [9.17, 15) is 0 Å². The van der Waals surface area contributed by atoms with Gasteiger partial charge in [0.05, 0.1) is 0 Å². The summed E-state index contributed by atoms with van der Waals surface area (Å²) in [6.45, 7) is 4.69. The zero-order chi connectivity index (χ0) is 30.1. The molecule has 0 amide bonds. The third kappa shape index (κ3) is 3.96. The van der Waals surface area contributed by atoms with Crippen molar-refractivity contribution in [3.63, 3.8) is 0 Å². The smallest absolute Gasteiger partial charge is 0.143 e. The van der Waals surface area contributed by atoms with Crippen molar-refractivity contribution >= 4 is 49.8 Å². The number of rotatable bonds is 4. The van der Waals surface area contributed by atoms with Crippen molar-refractivity contribution in [1.29, 1.82) is 0 Å². The number of anilines is 3. The van der Waals surface area contributed by atoms with Crippen molar-refractivity contribution in [1.82, 2.24) is 0 Å². The van der Waals surface area contributed by atoms with Crippen LogP contribution >= 0.6 is 0 Å². The van der Waals surface area contributed by atoms with Gasteiger partial charge in [0.2, 0.25) is 0 Å². The number of hydrogen-bond donors (Lipinski definition) is 0. The van der Waals surface area contributed by atoms with Crippen molar-refractivity contribution < 1.29 is 4.42 Å². The van der Waals surface area contributed by atoms with E-state index in [2.05, 4.69) is 158 Å². The van der Waals surface area contributed by atoms with E-state index in [-0.39, 0.29) is 5.41 Å². The maximum absolute atomic E-state index is 6.45. The first kappa shape index (κ1) is 25.9. The summed E-state index contributed by atoms with van der Waals surface area (Å²) in [5, 5.41) is 4.74. The first-order chi connectivity index (χ1) is 22.1. The summed E-state index contributed by atoms with van der Waals surface area (Å²) in [5.41, 5.74) is 12.7. The van der Waals surface area contributed by atoms with Crippen LogP contribution in [-0.4, -0.2) is 0 Å². The molecular weight excluding hydrogens is 546 g/mol. The Morgan fingerprint density at radius 2 is 1.13 bits per heavy atom. The van der Waals surface area contributed by atoms with Gasteiger partial charge in [-0.05, 0) is 81.1 Å². The third-order valence-electron chi connectivity index (χ3n) is 9.64. The van der Waals surface area contributed by atoms with Crippen LogP contribution in [0.15, 0.2) is 156 Å². The van der Waals surface area contributed by atoms with Crippen LogP contribution in [0.4, 0.5) is 17.1 Å². The van der Waals surface area contributed by atoms with Gasteiger partial charge in [-0.2, -0.15) is 0 Å². The van der Waals surface area contributed by atoms with E-state index >= 15 is 0 Å². The monoisotopic (exact) mass is 577 g/mol. The van der Waals surface area contributed by atoms with Gasteiger partial charge in [0, 0.05) is 38.8 Å². The van der Waals surface area contributed by atoms with Gasteiger partial charge in [0.15, 0.2) is 0 Å². The van der Waals surface area contributed by atoms with Crippen molar-refractivity contribution in [2.75, 3.05) is 4.90 Å². The molecule has 214 valence electrons. The predicted molar refractivity (Wildman–Crippen MR) is 189 cm³/mol. The van der Waals surface area contributed by atoms with E-state index in [4.69, 9.17) is 4.42 Å². The van der Waals surface area contributed by atoms with Crippen LogP contribution in [0.25, 0.3) is 55.0 Å². The molecule has 7 aromatic carbocycles. The largest absolute Gasteiger partial charge is 0.455 e. The summed E-state index contributed by atoms with van der Waals surface area (Å²) < 4.78 is 6.45. The zero-order valence-electron chi connectivity index (χ0n) is 25.3. The lowest BCUT2D eigenvalue weighted by molar-refractivity contribution is 0.660. The third-order valence-corrected chi connectivity index (χ3v) is 9.64. The molecule has 0 saturated carbocycles. The quantitative estimate of drug-likeness (QED) is 0.207. The minimum absolute atomic E-state index is 0.0875. The molecule has 0 fully saturated rings. The first-order valence-electron chi connectivity index (χ1n) is 15.6. The molecule has 2 nitrogen and oxygen atoms in total. The van der Waals surface area contributed by atoms with E-state index in [1.54, 1.807) is 0 Å². The highest BCUT2D eigenvalue weighted by molar-refractivity contribution is 6.09. The number of para-hydroxylation sites is 2. The van der Waals surface area contributed by atoms with E-state index in [0.717, 1.165) is 50.1 Å². The van der Waals surface area contributed by atoms with Crippen molar-refractivity contribution in [2.45, 2.75) is 19.3 Å². The molecule has 0 unspecified atom stereocenters. The summed E-state index contributed by atoms with van der Waals surface area (Å²) in [7, 11) is 0. The van der Waals surface area contributed by atoms with Crippen molar-refractivity contribution in [3.05, 3.63) is 163 Å². The molecule has 1 heterocycles. The van der Waals surface area contributed by atoms with Gasteiger partial charge in [-0.25, -0.2) is 0 Å². The Hall–Kier alpha value is -5.60. The van der Waals surface area contributed by atoms with Crippen LogP contribution in [0.1, 0.15) is 25.0 Å². The van der Waals surface area contributed by atoms with Gasteiger partial charge in [-0.1, -0.05) is 123 Å². The molecule has 1 aliphatic carbocycles. The summed E-state index contributed by atoms with van der Waals surface area (Å²) in [4.78, 5) is 2.40. The Morgan fingerprint density at radius 1 is 0.467 bits per heavy atom. The highest BCUT2D eigenvalue weighted by atomic mass is 16.3. The number of nitrogens with zero attached hydrogens (tertiary/aromatic N) is 1.